The van der Waals surface area contributed by atoms with Crippen LogP contribution in [0.15, 0.2) is 36.4 Å². The van der Waals surface area contributed by atoms with Gasteiger partial charge in [-0.15, -0.1) is 0 Å². The summed E-state index contributed by atoms with van der Waals surface area (Å²) in [6.07, 6.45) is 0. The maximum atomic E-state index is 12.1. The largest absolute Gasteiger partial charge is 0.483 e. The van der Waals surface area contributed by atoms with Crippen molar-refractivity contribution in [1.29, 1.82) is 0 Å². The van der Waals surface area contributed by atoms with Crippen LogP contribution in [0.25, 0.3) is 0 Å². The highest BCUT2D eigenvalue weighted by molar-refractivity contribution is 5.96. The summed E-state index contributed by atoms with van der Waals surface area (Å²) >= 11 is 0. The van der Waals surface area contributed by atoms with Gasteiger partial charge in [-0.25, -0.2) is 0 Å². The Kier molecular flexibility index (Phi) is 6.22. The van der Waals surface area contributed by atoms with Crippen molar-refractivity contribution >= 4 is 23.2 Å². The van der Waals surface area contributed by atoms with E-state index in [4.69, 9.17) is 4.74 Å². The zero-order valence-electron chi connectivity index (χ0n) is 14.9. The second kappa shape index (κ2) is 8.58. The number of carbonyl (C=O) groups is 2. The third kappa shape index (κ3) is 5.24. The van der Waals surface area contributed by atoms with E-state index >= 15 is 0 Å². The predicted molar refractivity (Wildman–Crippen MR) is 96.8 cm³/mol. The van der Waals surface area contributed by atoms with Gasteiger partial charge in [-0.3, -0.25) is 40.7 Å². The number of hydrogen-bond acceptors (Lipinski definition) is 7. The van der Waals surface area contributed by atoms with Crippen LogP contribution >= 0.6 is 0 Å². The van der Waals surface area contributed by atoms with Gasteiger partial charge in [-0.1, -0.05) is 12.1 Å². The predicted octanol–water partition coefficient (Wildman–Crippen LogP) is 1.96. The molecule has 2 rings (SSSR count). The van der Waals surface area contributed by atoms with Crippen molar-refractivity contribution in [3.8, 4) is 5.75 Å². The Labute approximate surface area is 158 Å². The van der Waals surface area contributed by atoms with E-state index in [-0.39, 0.29) is 12.2 Å². The molecule has 2 aromatic rings. The SMILES string of the molecule is Cc1ccc(C)c(OCC(=O)NNC(=O)c2cc([N+](=O)[O-])cc([N+](=O)[O-])c2)c1. The van der Waals surface area contributed by atoms with Gasteiger partial charge >= 0.3 is 0 Å². The summed E-state index contributed by atoms with van der Waals surface area (Å²) in [5.41, 5.74) is 4.29. The molecule has 0 unspecified atom stereocenters. The van der Waals surface area contributed by atoms with E-state index < -0.39 is 33.0 Å². The first-order chi connectivity index (χ1) is 13.2. The summed E-state index contributed by atoms with van der Waals surface area (Å²) in [5.74, 6) is -1.13. The maximum Gasteiger partial charge on any atom is 0.277 e. The van der Waals surface area contributed by atoms with Crippen molar-refractivity contribution in [2.75, 3.05) is 6.61 Å². The quantitative estimate of drug-likeness (QED) is 0.566. The number of benzene rings is 2. The number of non-ortho nitro benzene ring substituents is 2. The molecule has 0 atom stereocenters. The maximum absolute atomic E-state index is 12.1. The molecule has 0 radical (unpaired) electrons. The molecule has 146 valence electrons. The number of nitro benzene ring substituents is 2. The Bertz CT molecular complexity index is 926. The van der Waals surface area contributed by atoms with Crippen molar-refractivity contribution in [2.45, 2.75) is 13.8 Å². The molecule has 2 amide bonds. The summed E-state index contributed by atoms with van der Waals surface area (Å²) in [7, 11) is 0. The van der Waals surface area contributed by atoms with Crippen LogP contribution in [0.1, 0.15) is 21.5 Å². The first kappa shape index (κ1) is 20.3. The molecule has 0 aliphatic carbocycles. The minimum absolute atomic E-state index is 0.350. The van der Waals surface area contributed by atoms with Gasteiger partial charge in [-0.05, 0) is 31.0 Å². The molecule has 0 aromatic heterocycles. The number of amides is 2. The van der Waals surface area contributed by atoms with Crippen LogP contribution in [0, 0.1) is 34.1 Å². The molecule has 11 nitrogen and oxygen atoms in total. The molecule has 2 N–H and O–H groups in total. The molecule has 0 saturated carbocycles. The van der Waals surface area contributed by atoms with Gasteiger partial charge in [0, 0.05) is 12.1 Å². The van der Waals surface area contributed by atoms with E-state index in [9.17, 15) is 29.8 Å². The highest BCUT2D eigenvalue weighted by Crippen LogP contribution is 2.22. The first-order valence-corrected chi connectivity index (χ1v) is 7.90. The fraction of sp³-hybridized carbons (Fsp3) is 0.176. The first-order valence-electron chi connectivity index (χ1n) is 7.90. The Morgan fingerprint density at radius 3 is 2.14 bits per heavy atom. The highest BCUT2D eigenvalue weighted by atomic mass is 16.6. The number of rotatable bonds is 6. The van der Waals surface area contributed by atoms with Crippen molar-refractivity contribution in [1.82, 2.24) is 10.9 Å². The van der Waals surface area contributed by atoms with Gasteiger partial charge in [0.15, 0.2) is 6.61 Å². The number of ether oxygens (including phenoxy) is 1. The van der Waals surface area contributed by atoms with E-state index in [1.165, 1.54) is 0 Å². The Hall–Kier alpha value is -4.02. The lowest BCUT2D eigenvalue weighted by Gasteiger charge is -2.11. The summed E-state index contributed by atoms with van der Waals surface area (Å²) in [6.45, 7) is 3.29. The van der Waals surface area contributed by atoms with Crippen molar-refractivity contribution in [3.05, 3.63) is 73.3 Å². The summed E-state index contributed by atoms with van der Waals surface area (Å²) in [6, 6.07) is 7.93. The average Bonchev–Trinajstić information content (AvgIpc) is 2.66. The number of aryl methyl sites for hydroxylation is 2. The third-order valence-corrected chi connectivity index (χ3v) is 3.60. The number of carbonyl (C=O) groups excluding carboxylic acids is 2. The van der Waals surface area contributed by atoms with E-state index in [2.05, 4.69) is 5.43 Å². The lowest BCUT2D eigenvalue weighted by atomic mass is 10.1. The molecule has 0 heterocycles. The zero-order chi connectivity index (χ0) is 20.8. The number of nitro groups is 2. The summed E-state index contributed by atoms with van der Waals surface area (Å²) in [4.78, 5) is 43.9. The Morgan fingerprint density at radius 2 is 1.57 bits per heavy atom. The van der Waals surface area contributed by atoms with E-state index in [1.807, 2.05) is 31.4 Å². The van der Waals surface area contributed by atoms with E-state index in [0.717, 1.165) is 29.3 Å². The zero-order valence-corrected chi connectivity index (χ0v) is 14.9. The van der Waals surface area contributed by atoms with Crippen LogP contribution in [-0.4, -0.2) is 28.3 Å². The van der Waals surface area contributed by atoms with Gasteiger partial charge in [0.05, 0.1) is 21.5 Å². The fourth-order valence-corrected chi connectivity index (χ4v) is 2.18. The van der Waals surface area contributed by atoms with Crippen LogP contribution in [0.5, 0.6) is 5.75 Å². The molecule has 11 heteroatoms. The molecule has 0 saturated heterocycles. The standard InChI is InChI=1S/C17H16N4O7/c1-10-3-4-11(2)15(5-10)28-9-16(22)18-19-17(23)12-6-13(20(24)25)8-14(7-12)21(26)27/h3-8H,9H2,1-2H3,(H,18,22)(H,19,23). The van der Waals surface area contributed by atoms with Crippen LogP contribution < -0.4 is 15.6 Å². The van der Waals surface area contributed by atoms with Crippen LogP contribution in [0.4, 0.5) is 11.4 Å². The van der Waals surface area contributed by atoms with Gasteiger partial charge in [0.2, 0.25) is 0 Å². The molecule has 0 aliphatic heterocycles. The molecule has 2 aromatic carbocycles. The summed E-state index contributed by atoms with van der Waals surface area (Å²) in [5, 5.41) is 21.7. The molecular formula is C17H16N4O7. The minimum atomic E-state index is -0.952. The van der Waals surface area contributed by atoms with Crippen LogP contribution in [0.3, 0.4) is 0 Å². The van der Waals surface area contributed by atoms with Gasteiger partial charge in [0.25, 0.3) is 23.2 Å². The number of hydrogen-bond donors (Lipinski definition) is 2. The van der Waals surface area contributed by atoms with Gasteiger partial charge in [-0.2, -0.15) is 0 Å². The van der Waals surface area contributed by atoms with Gasteiger partial charge in [0.1, 0.15) is 5.75 Å². The lowest BCUT2D eigenvalue weighted by Crippen LogP contribution is -2.43. The van der Waals surface area contributed by atoms with Crippen LogP contribution in [-0.2, 0) is 4.79 Å². The third-order valence-electron chi connectivity index (χ3n) is 3.60. The smallest absolute Gasteiger partial charge is 0.277 e. The highest BCUT2D eigenvalue weighted by Gasteiger charge is 2.20. The van der Waals surface area contributed by atoms with Crippen molar-refractivity contribution in [2.24, 2.45) is 0 Å². The second-order valence-corrected chi connectivity index (χ2v) is 5.81. The average molecular weight is 388 g/mol. The number of hydrazine groups is 1. The fourth-order valence-electron chi connectivity index (χ4n) is 2.18. The Morgan fingerprint density at radius 1 is 0.964 bits per heavy atom. The van der Waals surface area contributed by atoms with E-state index in [1.54, 1.807) is 6.07 Å². The molecule has 0 fully saturated rings. The lowest BCUT2D eigenvalue weighted by molar-refractivity contribution is -0.394. The normalized spacial score (nSPS) is 10.1. The monoisotopic (exact) mass is 388 g/mol. The van der Waals surface area contributed by atoms with Gasteiger partial charge < -0.3 is 4.74 Å². The van der Waals surface area contributed by atoms with E-state index in [0.29, 0.717) is 5.75 Å². The number of nitrogens with one attached hydrogen (secondary N) is 2. The number of nitrogens with zero attached hydrogens (tertiary/aromatic N) is 2. The Balaban J connectivity index is 1.99. The van der Waals surface area contributed by atoms with Crippen molar-refractivity contribution < 1.29 is 24.2 Å². The topological polar surface area (TPSA) is 154 Å². The van der Waals surface area contributed by atoms with Crippen LogP contribution in [0.2, 0.25) is 0 Å². The molecule has 0 bridgehead atoms. The molecular weight excluding hydrogens is 372 g/mol. The molecule has 0 spiro atoms. The van der Waals surface area contributed by atoms with Crippen molar-refractivity contribution in [3.63, 3.8) is 0 Å². The summed E-state index contributed by atoms with van der Waals surface area (Å²) < 4.78 is 5.38. The molecule has 28 heavy (non-hydrogen) atoms. The molecule has 0 aliphatic rings. The second-order valence-electron chi connectivity index (χ2n) is 5.81. The minimum Gasteiger partial charge on any atom is -0.483 e.